The van der Waals surface area contributed by atoms with Gasteiger partial charge in [-0.2, -0.15) is 0 Å². The number of nitrogens with zero attached hydrogens (tertiary/aromatic N) is 4. The summed E-state index contributed by atoms with van der Waals surface area (Å²) in [6.07, 6.45) is 4.93. The van der Waals surface area contributed by atoms with Crippen molar-refractivity contribution in [3.8, 4) is 0 Å². The van der Waals surface area contributed by atoms with E-state index in [4.69, 9.17) is 0 Å². The van der Waals surface area contributed by atoms with Gasteiger partial charge < -0.3 is 0 Å². The zero-order valence-electron chi connectivity index (χ0n) is 9.66. The zero-order valence-corrected chi connectivity index (χ0v) is 9.66. The molecule has 0 aliphatic heterocycles. The first-order chi connectivity index (χ1) is 8.20. The lowest BCUT2D eigenvalue weighted by atomic mass is 10.3. The van der Waals surface area contributed by atoms with Crippen LogP contribution in [0.4, 0.5) is 0 Å². The Kier molecular flexibility index (Phi) is 2.01. The summed E-state index contributed by atoms with van der Waals surface area (Å²) in [5.41, 5.74) is 2.12. The van der Waals surface area contributed by atoms with Crippen LogP contribution in [0.1, 0.15) is 19.9 Å². The van der Waals surface area contributed by atoms with E-state index in [0.717, 1.165) is 5.52 Å². The summed E-state index contributed by atoms with van der Waals surface area (Å²) in [6.45, 7) is 3.95. The predicted molar refractivity (Wildman–Crippen MR) is 65.1 cm³/mol. The van der Waals surface area contributed by atoms with E-state index in [1.807, 2.05) is 26.0 Å². The van der Waals surface area contributed by atoms with E-state index in [1.54, 1.807) is 27.7 Å². The average Bonchev–Trinajstić information content (AvgIpc) is 2.78. The molecule has 0 saturated heterocycles. The lowest BCUT2D eigenvalue weighted by Gasteiger charge is -2.13. The van der Waals surface area contributed by atoms with Crippen LogP contribution in [-0.4, -0.2) is 18.9 Å². The molecule has 5 nitrogen and oxygen atoms in total. The van der Waals surface area contributed by atoms with Gasteiger partial charge in [-0.25, -0.2) is 9.97 Å². The number of hydrogen-bond acceptors (Lipinski definition) is 3. The molecule has 0 aromatic carbocycles. The molecular weight excluding hydrogens is 216 g/mol. The van der Waals surface area contributed by atoms with E-state index in [-0.39, 0.29) is 11.6 Å². The van der Waals surface area contributed by atoms with Gasteiger partial charge in [-0.05, 0) is 26.0 Å². The molecule has 3 heterocycles. The number of imidazole rings is 1. The standard InChI is InChI=1S/C12H12N4O/c1-8(2)16-11-9(4-3-5-14-11)15-7-13-6-10(15)12(16)17/h3-8H,1-2H3. The summed E-state index contributed by atoms with van der Waals surface area (Å²) < 4.78 is 3.48. The Labute approximate surface area is 97.4 Å². The number of rotatable bonds is 1. The van der Waals surface area contributed by atoms with Crippen LogP contribution in [0, 0.1) is 0 Å². The Morgan fingerprint density at radius 2 is 2.12 bits per heavy atom. The van der Waals surface area contributed by atoms with Gasteiger partial charge in [0.25, 0.3) is 5.56 Å². The maximum Gasteiger partial charge on any atom is 0.278 e. The molecule has 3 aromatic heterocycles. The molecule has 0 fully saturated rings. The van der Waals surface area contributed by atoms with Crippen molar-refractivity contribution in [1.29, 1.82) is 0 Å². The second-order valence-electron chi connectivity index (χ2n) is 4.26. The second kappa shape index (κ2) is 3.41. The van der Waals surface area contributed by atoms with E-state index < -0.39 is 0 Å². The van der Waals surface area contributed by atoms with E-state index in [0.29, 0.717) is 11.2 Å². The molecule has 3 rings (SSSR count). The molecule has 0 N–H and O–H groups in total. The first-order valence-electron chi connectivity index (χ1n) is 5.51. The molecule has 0 amide bonds. The minimum Gasteiger partial charge on any atom is -0.291 e. The van der Waals surface area contributed by atoms with Gasteiger partial charge in [0.15, 0.2) is 5.65 Å². The number of aromatic nitrogens is 4. The van der Waals surface area contributed by atoms with Gasteiger partial charge in [0.1, 0.15) is 5.52 Å². The van der Waals surface area contributed by atoms with Crippen LogP contribution < -0.4 is 5.56 Å². The van der Waals surface area contributed by atoms with Crippen LogP contribution in [0.2, 0.25) is 0 Å². The summed E-state index contributed by atoms with van der Waals surface area (Å²) in [5.74, 6) is 0. The highest BCUT2D eigenvalue weighted by molar-refractivity contribution is 5.74. The average molecular weight is 228 g/mol. The van der Waals surface area contributed by atoms with Crippen molar-refractivity contribution in [1.82, 2.24) is 18.9 Å². The molecule has 3 aromatic rings. The summed E-state index contributed by atoms with van der Waals surface area (Å²) in [5, 5.41) is 0. The van der Waals surface area contributed by atoms with E-state index in [1.165, 1.54) is 0 Å². The molecule has 5 heteroatoms. The van der Waals surface area contributed by atoms with Gasteiger partial charge in [0.2, 0.25) is 0 Å². The molecule has 0 bridgehead atoms. The topological polar surface area (TPSA) is 52.2 Å². The molecule has 17 heavy (non-hydrogen) atoms. The maximum atomic E-state index is 12.3. The van der Waals surface area contributed by atoms with E-state index in [2.05, 4.69) is 9.97 Å². The van der Waals surface area contributed by atoms with Crippen LogP contribution in [0.25, 0.3) is 16.7 Å². The quantitative estimate of drug-likeness (QED) is 0.636. The molecule has 0 aliphatic carbocycles. The number of hydrogen-bond donors (Lipinski definition) is 0. The van der Waals surface area contributed by atoms with Gasteiger partial charge >= 0.3 is 0 Å². The molecule has 0 aliphatic rings. The van der Waals surface area contributed by atoms with Crippen LogP contribution in [0.5, 0.6) is 0 Å². The smallest absolute Gasteiger partial charge is 0.278 e. The molecule has 0 radical (unpaired) electrons. The molecular formula is C12H12N4O. The third-order valence-corrected chi connectivity index (χ3v) is 2.85. The van der Waals surface area contributed by atoms with Crippen molar-refractivity contribution in [3.63, 3.8) is 0 Å². The van der Waals surface area contributed by atoms with Crippen molar-refractivity contribution in [3.05, 3.63) is 41.2 Å². The van der Waals surface area contributed by atoms with Gasteiger partial charge in [0.05, 0.1) is 18.0 Å². The van der Waals surface area contributed by atoms with E-state index >= 15 is 0 Å². The van der Waals surface area contributed by atoms with Crippen LogP contribution in [0.3, 0.4) is 0 Å². The largest absolute Gasteiger partial charge is 0.291 e. The van der Waals surface area contributed by atoms with Crippen molar-refractivity contribution in [2.45, 2.75) is 19.9 Å². The van der Waals surface area contributed by atoms with Gasteiger partial charge in [-0.1, -0.05) is 0 Å². The summed E-state index contributed by atoms with van der Waals surface area (Å²) in [6, 6.07) is 3.87. The van der Waals surface area contributed by atoms with Crippen LogP contribution >= 0.6 is 0 Å². The first-order valence-corrected chi connectivity index (χ1v) is 5.51. The Morgan fingerprint density at radius 3 is 2.88 bits per heavy atom. The minimum atomic E-state index is -0.0521. The normalized spacial score (nSPS) is 11.7. The Hall–Kier alpha value is -2.17. The Morgan fingerprint density at radius 1 is 1.29 bits per heavy atom. The zero-order chi connectivity index (χ0) is 12.0. The molecule has 86 valence electrons. The molecule has 0 saturated carbocycles. The molecule has 0 unspecified atom stereocenters. The van der Waals surface area contributed by atoms with Gasteiger partial charge in [0, 0.05) is 12.2 Å². The third kappa shape index (κ3) is 1.28. The highest BCUT2D eigenvalue weighted by Crippen LogP contribution is 2.14. The number of fused-ring (bicyclic) bond motifs is 3. The summed E-state index contributed by atoms with van der Waals surface area (Å²) >= 11 is 0. The Bertz CT molecular complexity index is 754. The summed E-state index contributed by atoms with van der Waals surface area (Å²) in [4.78, 5) is 20.6. The number of pyridine rings is 1. The monoisotopic (exact) mass is 228 g/mol. The van der Waals surface area contributed by atoms with Crippen LogP contribution in [0.15, 0.2) is 35.6 Å². The van der Waals surface area contributed by atoms with Gasteiger partial charge in [-0.15, -0.1) is 0 Å². The van der Waals surface area contributed by atoms with Crippen molar-refractivity contribution < 1.29 is 0 Å². The van der Waals surface area contributed by atoms with Gasteiger partial charge in [-0.3, -0.25) is 13.8 Å². The lowest BCUT2D eigenvalue weighted by molar-refractivity contribution is 0.595. The minimum absolute atomic E-state index is 0.0521. The van der Waals surface area contributed by atoms with Crippen LogP contribution in [-0.2, 0) is 0 Å². The SMILES string of the molecule is CC(C)n1c(=O)c2cncn2c2cccnc21. The first kappa shape index (κ1) is 10.0. The molecule has 0 spiro atoms. The highest BCUT2D eigenvalue weighted by atomic mass is 16.1. The second-order valence-corrected chi connectivity index (χ2v) is 4.26. The van der Waals surface area contributed by atoms with E-state index in [9.17, 15) is 4.79 Å². The third-order valence-electron chi connectivity index (χ3n) is 2.85. The van der Waals surface area contributed by atoms with Crippen molar-refractivity contribution in [2.75, 3.05) is 0 Å². The van der Waals surface area contributed by atoms with Crippen molar-refractivity contribution in [2.24, 2.45) is 0 Å². The van der Waals surface area contributed by atoms with Crippen molar-refractivity contribution >= 4 is 16.7 Å². The summed E-state index contributed by atoms with van der Waals surface area (Å²) in [7, 11) is 0. The lowest BCUT2D eigenvalue weighted by Crippen LogP contribution is -2.24. The fourth-order valence-electron chi connectivity index (χ4n) is 2.11. The predicted octanol–water partition coefficient (Wildman–Crippen LogP) is 1.63. The highest BCUT2D eigenvalue weighted by Gasteiger charge is 2.13. The Balaban J connectivity index is 2.67. The fraction of sp³-hybridized carbons (Fsp3) is 0.250. The fourth-order valence-corrected chi connectivity index (χ4v) is 2.11. The molecule has 0 atom stereocenters. The maximum absolute atomic E-state index is 12.3.